The molecule has 1 aliphatic rings. The number of imide groups is 1. The number of thiazole rings is 1. The molecule has 2 heterocycles. The van der Waals surface area contributed by atoms with Gasteiger partial charge in [0.2, 0.25) is 11.8 Å². The first-order chi connectivity index (χ1) is 8.67. The monoisotopic (exact) mass is 287 g/mol. The fraction of sp³-hybridized carbons (Fsp3) is 0.545. The normalized spacial score (nSPS) is 16.9. The number of rotatable bonds is 5. The lowest BCUT2D eigenvalue weighted by Gasteiger charge is -2.24. The van der Waals surface area contributed by atoms with E-state index in [-0.39, 0.29) is 11.8 Å². The Bertz CT molecular complexity index is 433. The van der Waals surface area contributed by atoms with Crippen molar-refractivity contribution in [3.8, 4) is 0 Å². The Kier molecular flexibility index (Phi) is 4.68. The average molecular weight is 288 g/mol. The molecule has 0 radical (unpaired) electrons. The third-order valence-electron chi connectivity index (χ3n) is 2.61. The van der Waals surface area contributed by atoms with E-state index in [0.717, 1.165) is 30.1 Å². The largest absolute Gasteiger partial charge is 0.294 e. The highest BCUT2D eigenvalue weighted by Gasteiger charge is 2.21. The summed E-state index contributed by atoms with van der Waals surface area (Å²) in [7, 11) is 0. The zero-order valence-electron chi connectivity index (χ0n) is 9.82. The summed E-state index contributed by atoms with van der Waals surface area (Å²) >= 11 is 7.28. The van der Waals surface area contributed by atoms with Gasteiger partial charge < -0.3 is 0 Å². The molecule has 98 valence electrons. The molecule has 18 heavy (non-hydrogen) atoms. The van der Waals surface area contributed by atoms with Crippen molar-refractivity contribution < 1.29 is 9.59 Å². The quantitative estimate of drug-likeness (QED) is 0.642. The standard InChI is InChI=1S/C11H14ClN3O2S/c12-4-8-7-18-11(13-8)2-1-3-15-5-9(16)14-10(17)6-15/h7H,1-6H2,(H,14,16,17). The fourth-order valence-electron chi connectivity index (χ4n) is 1.83. The third kappa shape index (κ3) is 3.76. The van der Waals surface area contributed by atoms with Crippen LogP contribution in [0.1, 0.15) is 17.1 Å². The summed E-state index contributed by atoms with van der Waals surface area (Å²) < 4.78 is 0. The Morgan fingerprint density at radius 3 is 2.72 bits per heavy atom. The van der Waals surface area contributed by atoms with Crippen LogP contribution in [-0.2, 0) is 21.9 Å². The van der Waals surface area contributed by atoms with Crippen molar-refractivity contribution in [3.05, 3.63) is 16.1 Å². The van der Waals surface area contributed by atoms with Crippen LogP contribution in [0.4, 0.5) is 0 Å². The summed E-state index contributed by atoms with van der Waals surface area (Å²) in [5, 5.41) is 5.30. The number of amides is 2. The highest BCUT2D eigenvalue weighted by atomic mass is 35.5. The van der Waals surface area contributed by atoms with Crippen molar-refractivity contribution in [1.29, 1.82) is 0 Å². The van der Waals surface area contributed by atoms with Crippen molar-refractivity contribution >= 4 is 34.8 Å². The number of carbonyl (C=O) groups excluding carboxylic acids is 2. The first-order valence-electron chi connectivity index (χ1n) is 5.71. The summed E-state index contributed by atoms with van der Waals surface area (Å²) in [6.07, 6.45) is 1.74. The minimum atomic E-state index is -0.218. The second-order valence-corrected chi connectivity index (χ2v) is 5.36. The molecular weight excluding hydrogens is 274 g/mol. The Morgan fingerprint density at radius 2 is 2.11 bits per heavy atom. The number of hydrogen-bond donors (Lipinski definition) is 1. The Morgan fingerprint density at radius 1 is 1.39 bits per heavy atom. The van der Waals surface area contributed by atoms with Crippen LogP contribution in [0.5, 0.6) is 0 Å². The molecule has 1 aromatic rings. The predicted molar refractivity (Wildman–Crippen MR) is 69.6 cm³/mol. The van der Waals surface area contributed by atoms with Gasteiger partial charge in [-0.2, -0.15) is 0 Å². The molecule has 0 bridgehead atoms. The first kappa shape index (κ1) is 13.5. The van der Waals surface area contributed by atoms with Crippen molar-refractivity contribution in [2.45, 2.75) is 18.7 Å². The zero-order valence-corrected chi connectivity index (χ0v) is 11.4. The lowest BCUT2D eigenvalue weighted by molar-refractivity contribution is -0.136. The summed E-state index contributed by atoms with van der Waals surface area (Å²) in [5.41, 5.74) is 0.907. The van der Waals surface area contributed by atoms with E-state index in [2.05, 4.69) is 10.3 Å². The van der Waals surface area contributed by atoms with Gasteiger partial charge in [-0.3, -0.25) is 19.8 Å². The topological polar surface area (TPSA) is 62.3 Å². The predicted octanol–water partition coefficient (Wildman–Crippen LogP) is 0.773. The lowest BCUT2D eigenvalue weighted by Crippen LogP contribution is -2.51. The molecule has 1 aliphatic heterocycles. The molecular formula is C11H14ClN3O2S. The maximum Gasteiger partial charge on any atom is 0.240 e. The highest BCUT2D eigenvalue weighted by molar-refractivity contribution is 7.09. The highest BCUT2D eigenvalue weighted by Crippen LogP contribution is 2.13. The Labute approximate surface area is 114 Å². The van der Waals surface area contributed by atoms with Crippen LogP contribution in [0.3, 0.4) is 0 Å². The second-order valence-electron chi connectivity index (χ2n) is 4.15. The Balaban J connectivity index is 1.74. The molecule has 2 rings (SSSR count). The molecule has 0 spiro atoms. The molecule has 0 atom stereocenters. The van der Waals surface area contributed by atoms with Gasteiger partial charge in [0.1, 0.15) is 0 Å². The number of nitrogens with one attached hydrogen (secondary N) is 1. The third-order valence-corrected chi connectivity index (χ3v) is 3.85. The van der Waals surface area contributed by atoms with Crippen LogP contribution in [0.2, 0.25) is 0 Å². The van der Waals surface area contributed by atoms with Crippen LogP contribution >= 0.6 is 22.9 Å². The molecule has 5 nitrogen and oxygen atoms in total. The van der Waals surface area contributed by atoms with E-state index in [4.69, 9.17) is 11.6 Å². The van der Waals surface area contributed by atoms with E-state index >= 15 is 0 Å². The van der Waals surface area contributed by atoms with Crippen LogP contribution in [0, 0.1) is 0 Å². The first-order valence-corrected chi connectivity index (χ1v) is 7.13. The number of halogens is 1. The molecule has 1 N–H and O–H groups in total. The Hall–Kier alpha value is -0.980. The van der Waals surface area contributed by atoms with Gasteiger partial charge >= 0.3 is 0 Å². The molecule has 1 fully saturated rings. The number of alkyl halides is 1. The molecule has 0 unspecified atom stereocenters. The van der Waals surface area contributed by atoms with E-state index in [1.165, 1.54) is 0 Å². The average Bonchev–Trinajstić information content (AvgIpc) is 2.76. The second kappa shape index (κ2) is 6.26. The van der Waals surface area contributed by atoms with Gasteiger partial charge in [-0.05, 0) is 13.0 Å². The van der Waals surface area contributed by atoms with Crippen molar-refractivity contribution in [2.24, 2.45) is 0 Å². The van der Waals surface area contributed by atoms with Gasteiger partial charge in [0.05, 0.1) is 29.7 Å². The fourth-order valence-corrected chi connectivity index (χ4v) is 2.90. The molecule has 7 heteroatoms. The smallest absolute Gasteiger partial charge is 0.240 e. The van der Waals surface area contributed by atoms with Gasteiger partial charge in [0.15, 0.2) is 0 Å². The zero-order chi connectivity index (χ0) is 13.0. The number of carbonyl (C=O) groups is 2. The molecule has 0 aliphatic carbocycles. The number of nitrogens with zero attached hydrogens (tertiary/aromatic N) is 2. The van der Waals surface area contributed by atoms with Crippen molar-refractivity contribution in [3.63, 3.8) is 0 Å². The summed E-state index contributed by atoms with van der Waals surface area (Å²) in [6, 6.07) is 0. The maximum atomic E-state index is 11.2. The van der Waals surface area contributed by atoms with Gasteiger partial charge in [0, 0.05) is 11.8 Å². The summed E-state index contributed by atoms with van der Waals surface area (Å²) in [6.45, 7) is 1.34. The van der Waals surface area contributed by atoms with E-state index in [9.17, 15) is 9.59 Å². The van der Waals surface area contributed by atoms with Gasteiger partial charge in [-0.15, -0.1) is 22.9 Å². The summed E-state index contributed by atoms with van der Waals surface area (Å²) in [4.78, 5) is 28.5. The number of aromatic nitrogens is 1. The van der Waals surface area contributed by atoms with Gasteiger partial charge in [-0.25, -0.2) is 4.98 Å². The van der Waals surface area contributed by atoms with Crippen molar-refractivity contribution in [2.75, 3.05) is 19.6 Å². The van der Waals surface area contributed by atoms with Gasteiger partial charge in [-0.1, -0.05) is 0 Å². The molecule has 0 saturated carbocycles. The van der Waals surface area contributed by atoms with E-state index in [1.807, 2.05) is 10.3 Å². The lowest BCUT2D eigenvalue weighted by atomic mass is 10.2. The number of hydrogen-bond acceptors (Lipinski definition) is 5. The summed E-state index contributed by atoms with van der Waals surface area (Å²) in [5.74, 6) is 0.00644. The molecule has 0 aromatic carbocycles. The van der Waals surface area contributed by atoms with E-state index in [0.29, 0.717) is 19.0 Å². The van der Waals surface area contributed by atoms with Crippen molar-refractivity contribution in [1.82, 2.24) is 15.2 Å². The SMILES string of the molecule is O=C1CN(CCCc2nc(CCl)cs2)CC(=O)N1. The van der Waals surface area contributed by atoms with Crippen LogP contribution in [-0.4, -0.2) is 41.3 Å². The van der Waals surface area contributed by atoms with Gasteiger partial charge in [0.25, 0.3) is 0 Å². The molecule has 1 aromatic heterocycles. The minimum Gasteiger partial charge on any atom is -0.294 e. The van der Waals surface area contributed by atoms with Crippen LogP contribution in [0.15, 0.2) is 5.38 Å². The molecule has 2 amide bonds. The maximum absolute atomic E-state index is 11.2. The van der Waals surface area contributed by atoms with E-state index < -0.39 is 0 Å². The minimum absolute atomic E-state index is 0.218. The van der Waals surface area contributed by atoms with E-state index in [1.54, 1.807) is 11.3 Å². The molecule has 1 saturated heterocycles. The number of piperazine rings is 1. The van der Waals surface area contributed by atoms with Crippen LogP contribution < -0.4 is 5.32 Å². The number of aryl methyl sites for hydroxylation is 1. The van der Waals surface area contributed by atoms with Crippen LogP contribution in [0.25, 0.3) is 0 Å².